The lowest BCUT2D eigenvalue weighted by molar-refractivity contribution is -0.132. The molecule has 18 heavy (non-hydrogen) atoms. The second kappa shape index (κ2) is 5.39. The van der Waals surface area contributed by atoms with Crippen molar-refractivity contribution in [3.8, 4) is 0 Å². The van der Waals surface area contributed by atoms with Crippen molar-refractivity contribution in [3.63, 3.8) is 0 Å². The first-order valence-electron chi connectivity index (χ1n) is 5.55. The average molecular weight is 250 g/mol. The molecule has 2 aromatic heterocycles. The zero-order valence-electron chi connectivity index (χ0n) is 10.2. The summed E-state index contributed by atoms with van der Waals surface area (Å²) < 4.78 is 6.29. The van der Waals surface area contributed by atoms with Gasteiger partial charge < -0.3 is 9.42 Å². The van der Waals surface area contributed by atoms with Crippen LogP contribution in [0, 0.1) is 0 Å². The summed E-state index contributed by atoms with van der Waals surface area (Å²) in [6, 6.07) is 1.63. The van der Waals surface area contributed by atoms with E-state index in [1.54, 1.807) is 18.0 Å². The first-order chi connectivity index (χ1) is 8.68. The van der Waals surface area contributed by atoms with Gasteiger partial charge in [0, 0.05) is 19.5 Å². The summed E-state index contributed by atoms with van der Waals surface area (Å²) in [7, 11) is 1.74. The van der Waals surface area contributed by atoms with Crippen LogP contribution in [-0.4, -0.2) is 43.2 Å². The smallest absolute Gasteiger partial charge is 0.224 e. The highest BCUT2D eigenvalue weighted by Crippen LogP contribution is 2.17. The Hall–Kier alpha value is -2.25. The molecule has 1 amide bonds. The molecule has 0 aliphatic heterocycles. The largest absolute Gasteiger partial charge is 0.364 e. The van der Waals surface area contributed by atoms with Crippen LogP contribution < -0.4 is 0 Å². The number of hydrogen-bond acceptors (Lipinski definition) is 6. The van der Waals surface area contributed by atoms with E-state index in [0.29, 0.717) is 13.0 Å². The third-order valence-electron chi connectivity index (χ3n) is 2.81. The van der Waals surface area contributed by atoms with Crippen molar-refractivity contribution in [2.24, 2.45) is 0 Å². The van der Waals surface area contributed by atoms with Gasteiger partial charge in [-0.3, -0.25) is 4.79 Å². The molecule has 1 atom stereocenters. The van der Waals surface area contributed by atoms with Gasteiger partial charge in [0.1, 0.15) is 18.3 Å². The Labute approximate surface area is 104 Å². The lowest BCUT2D eigenvalue weighted by Gasteiger charge is -2.23. The average Bonchev–Trinajstić information content (AvgIpc) is 3.06. The summed E-state index contributed by atoms with van der Waals surface area (Å²) in [5, 5.41) is 14.5. The Morgan fingerprint density at radius 1 is 1.61 bits per heavy atom. The van der Waals surface area contributed by atoms with Crippen LogP contribution in [0.25, 0.3) is 0 Å². The van der Waals surface area contributed by atoms with Crippen LogP contribution in [0.5, 0.6) is 0 Å². The number of hydrogen-bond donors (Lipinski definition) is 0. The van der Waals surface area contributed by atoms with Crippen molar-refractivity contribution in [3.05, 3.63) is 24.4 Å². The number of rotatable bonds is 5. The number of aromatic nitrogens is 5. The molecule has 8 nitrogen and oxygen atoms in total. The molecule has 8 heteroatoms. The number of amides is 1. The molecule has 2 rings (SSSR count). The first-order valence-corrected chi connectivity index (χ1v) is 5.55. The van der Waals surface area contributed by atoms with Crippen LogP contribution in [0.15, 0.2) is 23.2 Å². The van der Waals surface area contributed by atoms with E-state index in [9.17, 15) is 4.79 Å². The van der Waals surface area contributed by atoms with E-state index in [4.69, 9.17) is 4.52 Å². The predicted octanol–water partition coefficient (Wildman–Crippen LogP) is 0.271. The normalized spacial score (nSPS) is 12.3. The van der Waals surface area contributed by atoms with Crippen molar-refractivity contribution in [1.82, 2.24) is 30.3 Å². The van der Waals surface area contributed by atoms with Gasteiger partial charge in [0.25, 0.3) is 0 Å². The van der Waals surface area contributed by atoms with Gasteiger partial charge in [0.15, 0.2) is 0 Å². The van der Waals surface area contributed by atoms with E-state index in [2.05, 4.69) is 20.7 Å². The van der Waals surface area contributed by atoms with Gasteiger partial charge in [0.05, 0.1) is 12.6 Å². The fourth-order valence-electron chi connectivity index (χ4n) is 1.52. The number of nitrogens with zero attached hydrogens (tertiary/aromatic N) is 6. The second-order valence-corrected chi connectivity index (χ2v) is 3.93. The Balaban J connectivity index is 1.88. The molecule has 0 aliphatic rings. The highest BCUT2D eigenvalue weighted by Gasteiger charge is 2.19. The van der Waals surface area contributed by atoms with Crippen LogP contribution >= 0.6 is 0 Å². The van der Waals surface area contributed by atoms with Crippen LogP contribution in [0.4, 0.5) is 0 Å². The van der Waals surface area contributed by atoms with Crippen LogP contribution in [-0.2, 0) is 11.3 Å². The van der Waals surface area contributed by atoms with Crippen molar-refractivity contribution in [1.29, 1.82) is 0 Å². The topological polar surface area (TPSA) is 89.9 Å². The van der Waals surface area contributed by atoms with E-state index < -0.39 is 0 Å². The second-order valence-electron chi connectivity index (χ2n) is 3.93. The molecule has 0 N–H and O–H groups in total. The molecule has 0 radical (unpaired) electrons. The number of carbonyl (C=O) groups is 1. The molecule has 0 fully saturated rings. The molecular weight excluding hydrogens is 236 g/mol. The lowest BCUT2D eigenvalue weighted by Crippen LogP contribution is -2.30. The van der Waals surface area contributed by atoms with Crippen molar-refractivity contribution < 1.29 is 9.32 Å². The monoisotopic (exact) mass is 250 g/mol. The maximum atomic E-state index is 12.0. The Morgan fingerprint density at radius 2 is 2.44 bits per heavy atom. The van der Waals surface area contributed by atoms with Gasteiger partial charge in [-0.05, 0) is 17.4 Å². The Kier molecular flexibility index (Phi) is 3.66. The minimum Gasteiger partial charge on any atom is -0.364 e. The standard InChI is InChI=1S/C10H14N6O2/c1-8(9-4-6-18-12-9)15(2)10(17)3-5-16-7-11-13-14-16/h4,6-8H,3,5H2,1-2H3. The molecule has 0 aromatic carbocycles. The van der Waals surface area contributed by atoms with Gasteiger partial charge in [-0.25, -0.2) is 4.68 Å². The molecule has 0 spiro atoms. The highest BCUT2D eigenvalue weighted by atomic mass is 16.5. The third kappa shape index (κ3) is 2.70. The molecule has 2 aromatic rings. The molecule has 0 saturated carbocycles. The summed E-state index contributed by atoms with van der Waals surface area (Å²) >= 11 is 0. The number of aryl methyl sites for hydroxylation is 1. The molecule has 0 aliphatic carbocycles. The maximum absolute atomic E-state index is 12.0. The molecule has 96 valence electrons. The van der Waals surface area contributed by atoms with E-state index >= 15 is 0 Å². The SMILES string of the molecule is CC(c1ccon1)N(C)C(=O)CCn1cnnn1. The van der Waals surface area contributed by atoms with Crippen LogP contribution in [0.3, 0.4) is 0 Å². The van der Waals surface area contributed by atoms with E-state index in [0.717, 1.165) is 5.69 Å². The van der Waals surface area contributed by atoms with Crippen molar-refractivity contribution in [2.45, 2.75) is 25.9 Å². The van der Waals surface area contributed by atoms with Gasteiger partial charge in [-0.2, -0.15) is 0 Å². The molecular formula is C10H14N6O2. The number of carbonyl (C=O) groups excluding carboxylic acids is 1. The quantitative estimate of drug-likeness (QED) is 0.756. The minimum atomic E-state index is -0.120. The Morgan fingerprint density at radius 3 is 3.06 bits per heavy atom. The van der Waals surface area contributed by atoms with Crippen LogP contribution in [0.2, 0.25) is 0 Å². The Bertz CT molecular complexity index is 480. The summed E-state index contributed by atoms with van der Waals surface area (Å²) in [5.74, 6) is 0.000926. The predicted molar refractivity (Wildman–Crippen MR) is 60.1 cm³/mol. The third-order valence-corrected chi connectivity index (χ3v) is 2.81. The van der Waals surface area contributed by atoms with Gasteiger partial charge in [-0.1, -0.05) is 5.16 Å². The zero-order chi connectivity index (χ0) is 13.0. The van der Waals surface area contributed by atoms with Gasteiger partial charge in [-0.15, -0.1) is 5.10 Å². The summed E-state index contributed by atoms with van der Waals surface area (Å²) in [6.45, 7) is 2.36. The maximum Gasteiger partial charge on any atom is 0.224 e. The van der Waals surface area contributed by atoms with Gasteiger partial charge >= 0.3 is 0 Å². The summed E-state index contributed by atoms with van der Waals surface area (Å²) in [5.41, 5.74) is 0.730. The molecule has 0 saturated heterocycles. The van der Waals surface area contributed by atoms with E-state index in [-0.39, 0.29) is 11.9 Å². The fraction of sp³-hybridized carbons (Fsp3) is 0.500. The highest BCUT2D eigenvalue weighted by molar-refractivity contribution is 5.76. The van der Waals surface area contributed by atoms with Crippen molar-refractivity contribution >= 4 is 5.91 Å². The number of tetrazole rings is 1. The van der Waals surface area contributed by atoms with E-state index in [1.165, 1.54) is 17.3 Å². The summed E-state index contributed by atoms with van der Waals surface area (Å²) in [4.78, 5) is 13.6. The van der Waals surface area contributed by atoms with Crippen molar-refractivity contribution in [2.75, 3.05) is 7.05 Å². The molecule has 1 unspecified atom stereocenters. The zero-order valence-corrected chi connectivity index (χ0v) is 10.2. The van der Waals surface area contributed by atoms with E-state index in [1.807, 2.05) is 6.92 Å². The summed E-state index contributed by atoms with van der Waals surface area (Å²) in [6.07, 6.45) is 3.31. The van der Waals surface area contributed by atoms with Crippen LogP contribution in [0.1, 0.15) is 25.1 Å². The fourth-order valence-corrected chi connectivity index (χ4v) is 1.52. The molecule has 2 heterocycles. The minimum absolute atomic E-state index is 0.000926. The lowest BCUT2D eigenvalue weighted by atomic mass is 10.2. The molecule has 0 bridgehead atoms. The first kappa shape index (κ1) is 12.2. The van der Waals surface area contributed by atoms with Gasteiger partial charge in [0.2, 0.25) is 5.91 Å².